The van der Waals surface area contributed by atoms with Crippen LogP contribution in [0.1, 0.15) is 39.0 Å². The number of aromatic nitrogens is 2. The van der Waals surface area contributed by atoms with Crippen LogP contribution in [0.2, 0.25) is 0 Å². The van der Waals surface area contributed by atoms with Gasteiger partial charge in [-0.2, -0.15) is 0 Å². The summed E-state index contributed by atoms with van der Waals surface area (Å²) in [5, 5.41) is 0. The van der Waals surface area contributed by atoms with Gasteiger partial charge in [-0.3, -0.25) is 9.59 Å². The fourth-order valence-electron chi connectivity index (χ4n) is 3.63. The zero-order valence-corrected chi connectivity index (χ0v) is 16.1. The summed E-state index contributed by atoms with van der Waals surface area (Å²) in [5.74, 6) is 0.697. The van der Waals surface area contributed by atoms with Gasteiger partial charge in [-0.05, 0) is 38.2 Å². The summed E-state index contributed by atoms with van der Waals surface area (Å²) >= 11 is 0. The average molecular weight is 371 g/mol. The van der Waals surface area contributed by atoms with E-state index in [0.717, 1.165) is 19.3 Å². The molecule has 0 atom stereocenters. The smallest absolute Gasteiger partial charge is 0.242 e. The van der Waals surface area contributed by atoms with Crippen LogP contribution in [0, 0.1) is 0 Å². The van der Waals surface area contributed by atoms with Crippen LogP contribution in [0.5, 0.6) is 0 Å². The van der Waals surface area contributed by atoms with Gasteiger partial charge >= 0.3 is 0 Å². The Kier molecular flexibility index (Phi) is 6.79. The van der Waals surface area contributed by atoms with E-state index in [1.807, 2.05) is 4.90 Å². The monoisotopic (exact) mass is 371 g/mol. The maximum absolute atomic E-state index is 12.7. The van der Waals surface area contributed by atoms with Crippen molar-refractivity contribution in [1.29, 1.82) is 0 Å². The van der Waals surface area contributed by atoms with E-state index >= 15 is 0 Å². The maximum Gasteiger partial charge on any atom is 0.242 e. The van der Waals surface area contributed by atoms with Crippen molar-refractivity contribution in [2.45, 2.75) is 39.0 Å². The Labute approximate surface area is 161 Å². The first-order valence-corrected chi connectivity index (χ1v) is 9.86. The second kappa shape index (κ2) is 9.48. The lowest BCUT2D eigenvalue weighted by atomic mass is 9.97. The zero-order chi connectivity index (χ0) is 19.1. The highest BCUT2D eigenvalue weighted by Gasteiger charge is 2.24. The SMILES string of the molecule is CC(=O)N(CCC1=CCCCC1)CC(=O)N1CCN(c2ncccn2)CC1. The number of carbonyl (C=O) groups is 2. The number of amides is 2. The van der Waals surface area contributed by atoms with Crippen molar-refractivity contribution in [1.82, 2.24) is 19.8 Å². The molecule has 0 bridgehead atoms. The first kappa shape index (κ1) is 19.3. The molecule has 146 valence electrons. The van der Waals surface area contributed by atoms with Crippen molar-refractivity contribution in [3.8, 4) is 0 Å². The zero-order valence-electron chi connectivity index (χ0n) is 16.1. The number of hydrogen-bond acceptors (Lipinski definition) is 5. The number of anilines is 1. The largest absolute Gasteiger partial charge is 0.338 e. The van der Waals surface area contributed by atoms with Crippen LogP contribution in [0.25, 0.3) is 0 Å². The molecule has 0 aromatic carbocycles. The second-order valence-corrected chi connectivity index (χ2v) is 7.22. The topological polar surface area (TPSA) is 69.6 Å². The van der Waals surface area contributed by atoms with Crippen molar-refractivity contribution in [3.63, 3.8) is 0 Å². The number of hydrogen-bond donors (Lipinski definition) is 0. The van der Waals surface area contributed by atoms with E-state index in [9.17, 15) is 9.59 Å². The Hall–Kier alpha value is -2.44. The Balaban J connectivity index is 1.47. The molecule has 1 saturated heterocycles. The van der Waals surface area contributed by atoms with Gasteiger partial charge in [-0.15, -0.1) is 0 Å². The molecule has 27 heavy (non-hydrogen) atoms. The minimum atomic E-state index is -0.0314. The minimum Gasteiger partial charge on any atom is -0.338 e. The van der Waals surface area contributed by atoms with Gasteiger partial charge in [0.2, 0.25) is 17.8 Å². The summed E-state index contributed by atoms with van der Waals surface area (Å²) in [4.78, 5) is 38.8. The standard InChI is InChI=1S/C20H29N5O2/c1-17(26)25(11-8-18-6-3-2-4-7-18)16-19(27)23-12-14-24(15-13-23)20-21-9-5-10-22-20/h5-6,9-10H,2-4,7-8,11-16H2,1H3. The minimum absolute atomic E-state index is 0.0245. The number of allylic oxidation sites excluding steroid dienone is 1. The maximum atomic E-state index is 12.7. The molecule has 1 aromatic rings. The van der Waals surface area contributed by atoms with Crippen LogP contribution in [0.15, 0.2) is 30.1 Å². The molecular weight excluding hydrogens is 342 g/mol. The van der Waals surface area contributed by atoms with Crippen LogP contribution in [-0.4, -0.2) is 70.9 Å². The summed E-state index contributed by atoms with van der Waals surface area (Å²) in [6.07, 6.45) is 11.4. The summed E-state index contributed by atoms with van der Waals surface area (Å²) in [5.41, 5.74) is 1.43. The summed E-state index contributed by atoms with van der Waals surface area (Å²) in [6.45, 7) is 5.04. The average Bonchev–Trinajstić information content (AvgIpc) is 2.72. The number of nitrogens with zero attached hydrogens (tertiary/aromatic N) is 5. The van der Waals surface area contributed by atoms with Crippen LogP contribution in [0.4, 0.5) is 5.95 Å². The number of rotatable bonds is 6. The summed E-state index contributed by atoms with van der Waals surface area (Å²) < 4.78 is 0. The predicted molar refractivity (Wildman–Crippen MR) is 104 cm³/mol. The first-order chi connectivity index (χ1) is 13.1. The van der Waals surface area contributed by atoms with Gasteiger partial charge in [-0.25, -0.2) is 9.97 Å². The van der Waals surface area contributed by atoms with Crippen LogP contribution < -0.4 is 4.90 Å². The summed E-state index contributed by atoms with van der Waals surface area (Å²) in [6, 6.07) is 1.79. The number of carbonyl (C=O) groups excluding carboxylic acids is 2. The van der Waals surface area contributed by atoms with E-state index in [1.165, 1.54) is 18.4 Å². The molecule has 7 nitrogen and oxygen atoms in total. The highest BCUT2D eigenvalue weighted by Crippen LogP contribution is 2.20. The highest BCUT2D eigenvalue weighted by atomic mass is 16.2. The molecular formula is C20H29N5O2. The normalized spacial score (nSPS) is 17.4. The lowest BCUT2D eigenvalue weighted by Crippen LogP contribution is -2.52. The molecule has 0 spiro atoms. The van der Waals surface area contributed by atoms with Crippen LogP contribution in [-0.2, 0) is 9.59 Å². The van der Waals surface area contributed by atoms with Gasteiger partial charge in [0.05, 0.1) is 6.54 Å². The van der Waals surface area contributed by atoms with Gasteiger partial charge in [0.15, 0.2) is 0 Å². The molecule has 3 rings (SSSR count). The molecule has 0 saturated carbocycles. The molecule has 0 N–H and O–H groups in total. The molecule has 2 amide bonds. The van der Waals surface area contributed by atoms with Gasteiger partial charge in [0.1, 0.15) is 0 Å². The van der Waals surface area contributed by atoms with E-state index < -0.39 is 0 Å². The Bertz CT molecular complexity index is 668. The van der Waals surface area contributed by atoms with Gasteiger partial charge < -0.3 is 14.7 Å². The fourth-order valence-corrected chi connectivity index (χ4v) is 3.63. The van der Waals surface area contributed by atoms with E-state index in [4.69, 9.17) is 0 Å². The van der Waals surface area contributed by atoms with Gasteiger partial charge in [-0.1, -0.05) is 11.6 Å². The molecule has 2 aliphatic rings. The number of piperazine rings is 1. The third-order valence-corrected chi connectivity index (χ3v) is 5.33. The first-order valence-electron chi connectivity index (χ1n) is 9.86. The molecule has 7 heteroatoms. The predicted octanol–water partition coefficient (Wildman–Crippen LogP) is 1.86. The lowest BCUT2D eigenvalue weighted by Gasteiger charge is -2.35. The Morgan fingerprint density at radius 3 is 2.48 bits per heavy atom. The molecule has 1 aliphatic heterocycles. The van der Waals surface area contributed by atoms with Gasteiger partial charge in [0, 0.05) is 52.0 Å². The van der Waals surface area contributed by atoms with Crippen molar-refractivity contribution in [3.05, 3.63) is 30.1 Å². The van der Waals surface area contributed by atoms with Crippen LogP contribution >= 0.6 is 0 Å². The van der Waals surface area contributed by atoms with E-state index in [1.54, 1.807) is 30.3 Å². The van der Waals surface area contributed by atoms with E-state index in [-0.39, 0.29) is 18.4 Å². The molecule has 1 aromatic heterocycles. The molecule has 0 radical (unpaired) electrons. The van der Waals surface area contributed by atoms with Crippen molar-refractivity contribution < 1.29 is 9.59 Å². The van der Waals surface area contributed by atoms with E-state index in [0.29, 0.717) is 38.7 Å². The third-order valence-electron chi connectivity index (χ3n) is 5.33. The highest BCUT2D eigenvalue weighted by molar-refractivity contribution is 5.84. The van der Waals surface area contributed by atoms with Crippen molar-refractivity contribution in [2.75, 3.05) is 44.2 Å². The van der Waals surface area contributed by atoms with Crippen molar-refractivity contribution >= 4 is 17.8 Å². The fraction of sp³-hybridized carbons (Fsp3) is 0.600. The van der Waals surface area contributed by atoms with Crippen LogP contribution in [0.3, 0.4) is 0 Å². The molecule has 2 heterocycles. The quantitative estimate of drug-likeness (QED) is 0.714. The Morgan fingerprint density at radius 1 is 1.11 bits per heavy atom. The lowest BCUT2D eigenvalue weighted by molar-refractivity contribution is -0.139. The molecule has 1 aliphatic carbocycles. The van der Waals surface area contributed by atoms with Gasteiger partial charge in [0.25, 0.3) is 0 Å². The van der Waals surface area contributed by atoms with E-state index in [2.05, 4.69) is 20.9 Å². The second-order valence-electron chi connectivity index (χ2n) is 7.22. The molecule has 1 fully saturated rings. The van der Waals surface area contributed by atoms with Crippen molar-refractivity contribution in [2.24, 2.45) is 0 Å². The Morgan fingerprint density at radius 2 is 1.85 bits per heavy atom. The summed E-state index contributed by atoms with van der Waals surface area (Å²) in [7, 11) is 0. The third kappa shape index (κ3) is 5.52. The molecule has 0 unspecified atom stereocenters.